The number of hydrogen-bond donors (Lipinski definition) is 1. The van der Waals surface area contributed by atoms with Gasteiger partial charge < -0.3 is 14.3 Å². The third kappa shape index (κ3) is 3.04. The molecular weight excluding hydrogens is 250 g/mol. The Morgan fingerprint density at radius 3 is 2.59 bits per heavy atom. The van der Waals surface area contributed by atoms with Gasteiger partial charge in [-0.1, -0.05) is 0 Å². The Morgan fingerprint density at radius 2 is 2.18 bits per heavy atom. The third-order valence-electron chi connectivity index (χ3n) is 2.18. The summed E-state index contributed by atoms with van der Waals surface area (Å²) in [4.78, 5) is 14.7. The Balaban J connectivity index is 3.20. The third-order valence-corrected chi connectivity index (χ3v) is 3.67. The standard InChI is InChI=1S/C9H13NO6S/c1-5(17(3,13)14)8-10-6(4-15-2)7(16-8)9(11)12/h5H,4H2,1-3H3,(H,11,12). The SMILES string of the molecule is COCc1nc(C(C)S(C)(=O)=O)oc1C(=O)O. The van der Waals surface area contributed by atoms with Crippen molar-refractivity contribution in [2.24, 2.45) is 0 Å². The van der Waals surface area contributed by atoms with Crippen molar-refractivity contribution >= 4 is 15.8 Å². The molecule has 1 heterocycles. The summed E-state index contributed by atoms with van der Waals surface area (Å²) in [6, 6.07) is 0. The summed E-state index contributed by atoms with van der Waals surface area (Å²) in [6.45, 7) is 1.32. The van der Waals surface area contributed by atoms with Crippen LogP contribution in [0.1, 0.15) is 34.3 Å². The van der Waals surface area contributed by atoms with Gasteiger partial charge >= 0.3 is 5.97 Å². The molecule has 0 saturated heterocycles. The fourth-order valence-corrected chi connectivity index (χ4v) is 1.60. The van der Waals surface area contributed by atoms with Crippen molar-refractivity contribution in [2.45, 2.75) is 18.8 Å². The van der Waals surface area contributed by atoms with Crippen LogP contribution in [-0.4, -0.2) is 37.8 Å². The molecule has 1 atom stereocenters. The van der Waals surface area contributed by atoms with Gasteiger partial charge in [0, 0.05) is 13.4 Å². The van der Waals surface area contributed by atoms with Crippen LogP contribution in [0.5, 0.6) is 0 Å². The molecular formula is C9H13NO6S. The van der Waals surface area contributed by atoms with Gasteiger partial charge in [-0.05, 0) is 6.92 Å². The van der Waals surface area contributed by atoms with Gasteiger partial charge in [-0.15, -0.1) is 0 Å². The number of rotatable bonds is 5. The quantitative estimate of drug-likeness (QED) is 0.829. The number of hydrogen-bond acceptors (Lipinski definition) is 6. The first-order chi connectivity index (χ1) is 7.77. The minimum absolute atomic E-state index is 0.0540. The predicted octanol–water partition coefficient (Wildman–Crippen LogP) is 0.625. The highest BCUT2D eigenvalue weighted by Gasteiger charge is 2.27. The number of nitrogens with zero attached hydrogens (tertiary/aromatic N) is 1. The Hall–Kier alpha value is -1.41. The van der Waals surface area contributed by atoms with E-state index in [4.69, 9.17) is 14.3 Å². The van der Waals surface area contributed by atoms with E-state index in [1.54, 1.807) is 0 Å². The number of aromatic nitrogens is 1. The molecule has 0 radical (unpaired) electrons. The molecule has 1 aromatic rings. The van der Waals surface area contributed by atoms with Gasteiger partial charge in [0.15, 0.2) is 9.84 Å². The van der Waals surface area contributed by atoms with Gasteiger partial charge in [0.2, 0.25) is 11.7 Å². The molecule has 17 heavy (non-hydrogen) atoms. The van der Waals surface area contributed by atoms with E-state index >= 15 is 0 Å². The molecule has 0 aliphatic heterocycles. The van der Waals surface area contributed by atoms with Crippen LogP contribution >= 0.6 is 0 Å². The maximum absolute atomic E-state index is 11.3. The number of aromatic carboxylic acids is 1. The van der Waals surface area contributed by atoms with Gasteiger partial charge in [0.1, 0.15) is 10.9 Å². The lowest BCUT2D eigenvalue weighted by molar-refractivity contribution is 0.0653. The van der Waals surface area contributed by atoms with E-state index in [0.29, 0.717) is 0 Å². The summed E-state index contributed by atoms with van der Waals surface area (Å²) in [6.07, 6.45) is 1.03. The monoisotopic (exact) mass is 263 g/mol. The van der Waals surface area contributed by atoms with Crippen molar-refractivity contribution in [3.63, 3.8) is 0 Å². The predicted molar refractivity (Wildman–Crippen MR) is 57.4 cm³/mol. The highest BCUT2D eigenvalue weighted by atomic mass is 32.2. The molecule has 0 amide bonds. The summed E-state index contributed by atoms with van der Waals surface area (Å²) < 4.78 is 32.3. The molecule has 0 aliphatic carbocycles. The summed E-state index contributed by atoms with van der Waals surface area (Å²) in [5.41, 5.74) is 0.0745. The first kappa shape index (κ1) is 13.7. The Bertz CT molecular complexity index is 518. The van der Waals surface area contributed by atoms with Crippen LogP contribution in [-0.2, 0) is 21.2 Å². The van der Waals surface area contributed by atoms with Crippen molar-refractivity contribution in [3.05, 3.63) is 17.3 Å². The maximum atomic E-state index is 11.3. The molecule has 8 heteroatoms. The number of carbonyl (C=O) groups is 1. The number of sulfone groups is 1. The van der Waals surface area contributed by atoms with E-state index < -0.39 is 26.8 Å². The number of carboxylic acids is 1. The summed E-state index contributed by atoms with van der Waals surface area (Å²) in [5.74, 6) is -1.84. The molecule has 96 valence electrons. The highest BCUT2D eigenvalue weighted by Crippen LogP contribution is 2.23. The summed E-state index contributed by atoms with van der Waals surface area (Å²) in [5, 5.41) is 7.86. The summed E-state index contributed by atoms with van der Waals surface area (Å²) >= 11 is 0. The Kier molecular flexibility index (Phi) is 3.89. The zero-order valence-electron chi connectivity index (χ0n) is 9.63. The molecule has 1 unspecified atom stereocenters. The molecule has 7 nitrogen and oxygen atoms in total. The van der Waals surface area contributed by atoms with E-state index in [1.807, 2.05) is 0 Å². The van der Waals surface area contributed by atoms with Gasteiger partial charge in [0.05, 0.1) is 6.61 Å². The smallest absolute Gasteiger partial charge is 0.373 e. The van der Waals surface area contributed by atoms with Crippen LogP contribution < -0.4 is 0 Å². The molecule has 0 saturated carbocycles. The molecule has 0 aliphatic rings. The first-order valence-corrected chi connectivity index (χ1v) is 6.63. The van der Waals surface area contributed by atoms with Gasteiger partial charge in [-0.2, -0.15) is 0 Å². The zero-order valence-corrected chi connectivity index (χ0v) is 10.4. The molecule has 1 rings (SSSR count). The van der Waals surface area contributed by atoms with Crippen LogP contribution in [0.2, 0.25) is 0 Å². The normalized spacial score (nSPS) is 13.6. The highest BCUT2D eigenvalue weighted by molar-refractivity contribution is 7.90. The lowest BCUT2D eigenvalue weighted by Crippen LogP contribution is -2.08. The van der Waals surface area contributed by atoms with Gasteiger partial charge in [-0.25, -0.2) is 18.2 Å². The van der Waals surface area contributed by atoms with Crippen molar-refractivity contribution in [3.8, 4) is 0 Å². The van der Waals surface area contributed by atoms with Crippen LogP contribution in [0.4, 0.5) is 0 Å². The van der Waals surface area contributed by atoms with E-state index in [2.05, 4.69) is 4.98 Å². The van der Waals surface area contributed by atoms with E-state index in [9.17, 15) is 13.2 Å². The molecule has 0 fully saturated rings. The lowest BCUT2D eigenvalue weighted by Gasteiger charge is -2.02. The minimum Gasteiger partial charge on any atom is -0.475 e. The zero-order chi connectivity index (χ0) is 13.2. The second kappa shape index (κ2) is 4.84. The van der Waals surface area contributed by atoms with Crippen LogP contribution in [0.3, 0.4) is 0 Å². The fraction of sp³-hybridized carbons (Fsp3) is 0.556. The maximum Gasteiger partial charge on any atom is 0.373 e. The fourth-order valence-electron chi connectivity index (χ4n) is 1.13. The molecule has 1 aromatic heterocycles. The average molecular weight is 263 g/mol. The minimum atomic E-state index is -3.39. The Morgan fingerprint density at radius 1 is 1.59 bits per heavy atom. The van der Waals surface area contributed by atoms with Crippen molar-refractivity contribution < 1.29 is 27.5 Å². The second-order valence-electron chi connectivity index (χ2n) is 3.54. The average Bonchev–Trinajstić information content (AvgIpc) is 2.60. The van der Waals surface area contributed by atoms with Gasteiger partial charge in [-0.3, -0.25) is 0 Å². The molecule has 0 spiro atoms. The van der Waals surface area contributed by atoms with Crippen LogP contribution in [0.15, 0.2) is 4.42 Å². The number of ether oxygens (including phenoxy) is 1. The second-order valence-corrected chi connectivity index (χ2v) is 5.90. The molecule has 0 aromatic carbocycles. The van der Waals surface area contributed by atoms with E-state index in [1.165, 1.54) is 14.0 Å². The van der Waals surface area contributed by atoms with Crippen LogP contribution in [0.25, 0.3) is 0 Å². The van der Waals surface area contributed by atoms with Crippen molar-refractivity contribution in [2.75, 3.05) is 13.4 Å². The molecule has 1 N–H and O–H groups in total. The van der Waals surface area contributed by atoms with Gasteiger partial charge in [0.25, 0.3) is 0 Å². The van der Waals surface area contributed by atoms with Crippen LogP contribution in [0, 0.1) is 0 Å². The van der Waals surface area contributed by atoms with Crippen molar-refractivity contribution in [1.29, 1.82) is 0 Å². The van der Waals surface area contributed by atoms with Crippen molar-refractivity contribution in [1.82, 2.24) is 4.98 Å². The number of methoxy groups -OCH3 is 1. The largest absolute Gasteiger partial charge is 0.475 e. The number of oxazole rings is 1. The van der Waals surface area contributed by atoms with E-state index in [-0.39, 0.29) is 18.2 Å². The molecule has 0 bridgehead atoms. The summed E-state index contributed by atoms with van der Waals surface area (Å²) in [7, 11) is -2.01. The van der Waals surface area contributed by atoms with E-state index in [0.717, 1.165) is 6.26 Å². The topological polar surface area (TPSA) is 107 Å². The number of carboxylic acid groups (broad SMARTS) is 1. The first-order valence-electron chi connectivity index (χ1n) is 4.68. The Labute approximate surface area is 98.3 Å². The lowest BCUT2D eigenvalue weighted by atomic mass is 10.3.